The predicted octanol–water partition coefficient (Wildman–Crippen LogP) is 4.05. The van der Waals surface area contributed by atoms with E-state index in [0.29, 0.717) is 5.56 Å². The first kappa shape index (κ1) is 29.1. The third kappa shape index (κ3) is 4.76. The fourth-order valence-electron chi connectivity index (χ4n) is 4.29. The maximum Gasteiger partial charge on any atom is 0.345 e. The summed E-state index contributed by atoms with van der Waals surface area (Å²) in [4.78, 5) is 40.3. The van der Waals surface area contributed by atoms with Gasteiger partial charge in [0.05, 0.1) is 30.6 Å². The Morgan fingerprint density at radius 2 is 1.45 bits per heavy atom. The van der Waals surface area contributed by atoms with E-state index in [2.05, 4.69) is 0 Å². The molecule has 1 aliphatic rings. The van der Waals surface area contributed by atoms with Gasteiger partial charge in [0, 0.05) is 5.02 Å². The average Bonchev–Trinajstić information content (AvgIpc) is 3.15. The molecule has 2 aromatic rings. The second kappa shape index (κ2) is 11.5. The summed E-state index contributed by atoms with van der Waals surface area (Å²) in [5.74, 6) is -7.78. The monoisotopic (exact) mass is 567 g/mol. The molecule has 0 saturated heterocycles. The van der Waals surface area contributed by atoms with Gasteiger partial charge >= 0.3 is 17.9 Å². The van der Waals surface area contributed by atoms with Crippen molar-refractivity contribution in [2.45, 2.75) is 44.0 Å². The minimum absolute atomic E-state index is 0.0269. The Kier molecular flexibility index (Phi) is 8.83. The number of benzene rings is 2. The van der Waals surface area contributed by atoms with E-state index < -0.39 is 55.8 Å². The molecule has 204 valence electrons. The molecule has 1 unspecified atom stereocenters. The SMILES string of the molecule is CCOC(=O)C1=C(F)N(S(=O)(=O)c2ccc(C)cc2)C(C(=O)OCC)(C(=O)OCC)C1c1ccccc1Cl. The molecule has 9 nitrogen and oxygen atoms in total. The summed E-state index contributed by atoms with van der Waals surface area (Å²) in [5.41, 5.74) is -3.34. The van der Waals surface area contributed by atoms with Crippen molar-refractivity contribution in [1.82, 2.24) is 4.31 Å². The highest BCUT2D eigenvalue weighted by molar-refractivity contribution is 7.89. The largest absolute Gasteiger partial charge is 0.464 e. The smallest absolute Gasteiger partial charge is 0.345 e. The lowest BCUT2D eigenvalue weighted by Gasteiger charge is -2.38. The van der Waals surface area contributed by atoms with Gasteiger partial charge in [-0.2, -0.15) is 4.39 Å². The number of hydrogen-bond acceptors (Lipinski definition) is 8. The van der Waals surface area contributed by atoms with Gasteiger partial charge in [0.15, 0.2) is 0 Å². The van der Waals surface area contributed by atoms with E-state index in [9.17, 15) is 22.8 Å². The number of hydrogen-bond donors (Lipinski definition) is 0. The summed E-state index contributed by atoms with van der Waals surface area (Å²) >= 11 is 6.42. The molecule has 2 aromatic carbocycles. The highest BCUT2D eigenvalue weighted by Gasteiger charge is 2.71. The average molecular weight is 568 g/mol. The van der Waals surface area contributed by atoms with Crippen LogP contribution >= 0.6 is 11.6 Å². The van der Waals surface area contributed by atoms with E-state index in [1.54, 1.807) is 6.92 Å². The van der Waals surface area contributed by atoms with Gasteiger partial charge in [-0.1, -0.05) is 47.5 Å². The maximum atomic E-state index is 16.5. The van der Waals surface area contributed by atoms with Crippen molar-refractivity contribution in [3.8, 4) is 0 Å². The second-order valence-corrected chi connectivity index (χ2v) is 10.4. The van der Waals surface area contributed by atoms with Gasteiger partial charge in [-0.15, -0.1) is 0 Å². The van der Waals surface area contributed by atoms with Gasteiger partial charge < -0.3 is 14.2 Å². The number of ether oxygens (including phenoxy) is 3. The van der Waals surface area contributed by atoms with Gasteiger partial charge in [0.2, 0.25) is 5.95 Å². The lowest BCUT2D eigenvalue weighted by atomic mass is 9.77. The van der Waals surface area contributed by atoms with Crippen molar-refractivity contribution in [2.24, 2.45) is 0 Å². The maximum absolute atomic E-state index is 16.5. The van der Waals surface area contributed by atoms with Gasteiger partial charge in [0.25, 0.3) is 15.6 Å². The Hall–Kier alpha value is -3.44. The van der Waals surface area contributed by atoms with Crippen molar-refractivity contribution < 1.29 is 41.4 Å². The zero-order valence-corrected chi connectivity index (χ0v) is 22.8. The van der Waals surface area contributed by atoms with E-state index >= 15 is 4.39 Å². The zero-order valence-electron chi connectivity index (χ0n) is 21.2. The summed E-state index contributed by atoms with van der Waals surface area (Å²) in [6.45, 7) is 5.20. The van der Waals surface area contributed by atoms with Crippen LogP contribution in [0.15, 0.2) is 65.0 Å². The van der Waals surface area contributed by atoms with Gasteiger partial charge in [-0.3, -0.25) is 0 Å². The molecule has 1 heterocycles. The summed E-state index contributed by atoms with van der Waals surface area (Å²) in [5, 5.41) is -0.0698. The number of sulfonamides is 1. The van der Waals surface area contributed by atoms with Crippen LogP contribution in [-0.2, 0) is 38.6 Å². The van der Waals surface area contributed by atoms with E-state index in [1.165, 1.54) is 69.3 Å². The molecule has 38 heavy (non-hydrogen) atoms. The molecule has 0 saturated carbocycles. The number of halogens is 2. The molecule has 0 fully saturated rings. The zero-order chi connectivity index (χ0) is 28.3. The van der Waals surface area contributed by atoms with E-state index in [-0.39, 0.29) is 34.7 Å². The number of aryl methyl sites for hydroxylation is 1. The van der Waals surface area contributed by atoms with Crippen molar-refractivity contribution in [3.63, 3.8) is 0 Å². The Balaban J connectivity index is 2.53. The molecule has 0 spiro atoms. The number of carbonyl (C=O) groups excluding carboxylic acids is 3. The first-order chi connectivity index (χ1) is 18.0. The minimum atomic E-state index is -5.03. The molecule has 1 atom stereocenters. The van der Waals surface area contributed by atoms with Gasteiger partial charge in [-0.25, -0.2) is 27.1 Å². The number of nitrogens with zero attached hydrogens (tertiary/aromatic N) is 1. The van der Waals surface area contributed by atoms with Crippen LogP contribution in [0.5, 0.6) is 0 Å². The summed E-state index contributed by atoms with van der Waals surface area (Å²) in [7, 11) is -5.03. The van der Waals surface area contributed by atoms with Gasteiger partial charge in [0.1, 0.15) is 5.57 Å². The number of carbonyl (C=O) groups is 3. The lowest BCUT2D eigenvalue weighted by Crippen LogP contribution is -2.63. The standard InChI is InChI=1S/C26H27ClFNO8S/c1-5-35-23(30)20-21(18-10-8-9-11-19(18)27)26(24(31)36-6-2,25(32)37-7-3)29(22(20)28)38(33,34)17-14-12-16(4)13-15-17/h8-15,21H,5-7H2,1-4H3. The molecule has 0 bridgehead atoms. The van der Waals surface area contributed by atoms with Crippen LogP contribution in [0.25, 0.3) is 0 Å². The van der Waals surface area contributed by atoms with E-state index in [4.69, 9.17) is 25.8 Å². The molecule has 0 aromatic heterocycles. The van der Waals surface area contributed by atoms with Crippen molar-refractivity contribution in [3.05, 3.63) is 76.2 Å². The van der Waals surface area contributed by atoms with Crippen LogP contribution in [0, 0.1) is 6.92 Å². The molecule has 0 aliphatic carbocycles. The Labute approximate surface area is 225 Å². The highest BCUT2D eigenvalue weighted by atomic mass is 35.5. The summed E-state index contributed by atoms with van der Waals surface area (Å²) < 4.78 is 59.9. The van der Waals surface area contributed by atoms with Crippen LogP contribution < -0.4 is 0 Å². The molecule has 0 amide bonds. The van der Waals surface area contributed by atoms with Crippen LogP contribution in [0.3, 0.4) is 0 Å². The first-order valence-corrected chi connectivity index (χ1v) is 13.6. The van der Waals surface area contributed by atoms with Gasteiger partial charge in [-0.05, 0) is 51.5 Å². The quantitative estimate of drug-likeness (QED) is 0.193. The van der Waals surface area contributed by atoms with Crippen LogP contribution in [0.4, 0.5) is 4.39 Å². The summed E-state index contributed by atoms with van der Waals surface area (Å²) in [6, 6.07) is 11.0. The summed E-state index contributed by atoms with van der Waals surface area (Å²) in [6.07, 6.45) is 0. The normalized spacial score (nSPS) is 16.8. The van der Waals surface area contributed by atoms with Crippen molar-refractivity contribution >= 4 is 39.5 Å². The molecule has 12 heteroatoms. The van der Waals surface area contributed by atoms with Crippen molar-refractivity contribution in [1.29, 1.82) is 0 Å². The third-order valence-corrected chi connectivity index (χ3v) is 8.01. The second-order valence-electron chi connectivity index (χ2n) is 8.17. The van der Waals surface area contributed by atoms with Crippen LogP contribution in [-0.4, -0.2) is 56.0 Å². The van der Waals surface area contributed by atoms with E-state index in [1.807, 2.05) is 0 Å². The van der Waals surface area contributed by atoms with Crippen LogP contribution in [0.2, 0.25) is 5.02 Å². The predicted molar refractivity (Wildman–Crippen MR) is 135 cm³/mol. The van der Waals surface area contributed by atoms with Crippen LogP contribution in [0.1, 0.15) is 37.8 Å². The first-order valence-electron chi connectivity index (χ1n) is 11.8. The number of esters is 3. The lowest BCUT2D eigenvalue weighted by molar-refractivity contribution is -0.170. The molecular weight excluding hydrogens is 541 g/mol. The molecule has 3 rings (SSSR count). The number of rotatable bonds is 9. The fraction of sp³-hybridized carbons (Fsp3) is 0.346. The molecule has 1 aliphatic heterocycles. The molecular formula is C26H27ClFNO8S. The third-order valence-electron chi connectivity index (χ3n) is 5.87. The Morgan fingerprint density at radius 1 is 0.921 bits per heavy atom. The fourth-order valence-corrected chi connectivity index (χ4v) is 6.17. The molecule has 0 radical (unpaired) electrons. The topological polar surface area (TPSA) is 116 Å². The molecule has 0 N–H and O–H groups in total. The minimum Gasteiger partial charge on any atom is -0.464 e. The van der Waals surface area contributed by atoms with Crippen molar-refractivity contribution in [2.75, 3.05) is 19.8 Å². The highest BCUT2D eigenvalue weighted by Crippen LogP contribution is 2.54. The van der Waals surface area contributed by atoms with E-state index in [0.717, 1.165) is 0 Å². The Morgan fingerprint density at radius 3 is 1.95 bits per heavy atom. The Bertz CT molecular complexity index is 1360.